The molecule has 2 aromatic carbocycles. The number of fused-ring (bicyclic) bond motifs is 1. The van der Waals surface area contributed by atoms with E-state index in [0.29, 0.717) is 29.2 Å². The lowest BCUT2D eigenvalue weighted by Crippen LogP contribution is -2.23. The summed E-state index contributed by atoms with van der Waals surface area (Å²) >= 11 is 6.05. The summed E-state index contributed by atoms with van der Waals surface area (Å²) in [7, 11) is 0. The number of benzene rings is 2. The van der Waals surface area contributed by atoms with Crippen LogP contribution in [0.25, 0.3) is 16.6 Å². The molecule has 0 spiro atoms. The number of rotatable bonds is 5. The predicted molar refractivity (Wildman–Crippen MR) is 95.1 cm³/mol. The van der Waals surface area contributed by atoms with Crippen LogP contribution in [-0.4, -0.2) is 21.6 Å². The predicted octanol–water partition coefficient (Wildman–Crippen LogP) is 4.00. The molecule has 1 heterocycles. The first-order chi connectivity index (χ1) is 12.0. The van der Waals surface area contributed by atoms with Gasteiger partial charge in [0.2, 0.25) is 0 Å². The van der Waals surface area contributed by atoms with Gasteiger partial charge in [-0.2, -0.15) is 4.68 Å². The minimum atomic E-state index is -0.673. The van der Waals surface area contributed by atoms with Crippen molar-refractivity contribution in [2.75, 3.05) is 6.61 Å². The molecule has 0 amide bonds. The molecule has 0 aliphatic heterocycles. The van der Waals surface area contributed by atoms with Gasteiger partial charge in [0.1, 0.15) is 17.0 Å². The molecule has 0 radical (unpaired) electrons. The van der Waals surface area contributed by atoms with Crippen molar-refractivity contribution in [2.24, 2.45) is 5.92 Å². The molecule has 130 valence electrons. The fraction of sp³-hybridized carbons (Fsp3) is 0.278. The lowest BCUT2D eigenvalue weighted by atomic mass is 10.1. The average Bonchev–Trinajstić information content (AvgIpc) is 2.58. The van der Waals surface area contributed by atoms with Gasteiger partial charge in [0.25, 0.3) is 5.56 Å². The molecule has 3 aromatic rings. The molecule has 0 aliphatic carbocycles. The number of ether oxygens (including phenoxy) is 1. The molecule has 3 rings (SSSR count). The molecule has 5 nitrogen and oxygen atoms in total. The maximum absolute atomic E-state index is 14.4. The van der Waals surface area contributed by atoms with E-state index in [0.717, 1.165) is 17.2 Å². The molecule has 0 saturated heterocycles. The first kappa shape index (κ1) is 17.4. The molecule has 0 saturated carbocycles. The fourth-order valence-electron chi connectivity index (χ4n) is 2.34. The molecule has 0 aliphatic rings. The summed E-state index contributed by atoms with van der Waals surface area (Å²) in [4.78, 5) is 12.6. The van der Waals surface area contributed by atoms with E-state index in [9.17, 15) is 9.18 Å². The zero-order valence-electron chi connectivity index (χ0n) is 13.9. The van der Waals surface area contributed by atoms with Crippen molar-refractivity contribution in [1.82, 2.24) is 15.0 Å². The Morgan fingerprint density at radius 1 is 1.28 bits per heavy atom. The highest BCUT2D eigenvalue weighted by atomic mass is 35.5. The summed E-state index contributed by atoms with van der Waals surface area (Å²) in [6, 6.07) is 9.26. The van der Waals surface area contributed by atoms with Crippen molar-refractivity contribution in [1.29, 1.82) is 0 Å². The van der Waals surface area contributed by atoms with Crippen LogP contribution in [0.5, 0.6) is 5.75 Å². The standard InChI is InChI=1S/C18H17ClFN3O2/c1-11(2)7-8-25-17-10-16(14(20)9-13(17)19)23-18(24)12-5-3-4-6-15(12)21-22-23/h3-6,9-11H,7-8H2,1-2H3. The SMILES string of the molecule is CC(C)CCOc1cc(-n2nnc3ccccc3c2=O)c(F)cc1Cl. The number of aromatic nitrogens is 3. The topological polar surface area (TPSA) is 57.0 Å². The van der Waals surface area contributed by atoms with Crippen molar-refractivity contribution in [2.45, 2.75) is 20.3 Å². The van der Waals surface area contributed by atoms with Crippen molar-refractivity contribution >= 4 is 22.5 Å². The van der Waals surface area contributed by atoms with Crippen molar-refractivity contribution in [3.05, 3.63) is 57.6 Å². The lowest BCUT2D eigenvalue weighted by molar-refractivity contribution is 0.289. The highest BCUT2D eigenvalue weighted by Gasteiger charge is 2.15. The summed E-state index contributed by atoms with van der Waals surface area (Å²) in [5.74, 6) is 0.0983. The molecule has 1 aromatic heterocycles. The highest BCUT2D eigenvalue weighted by molar-refractivity contribution is 6.32. The van der Waals surface area contributed by atoms with Crippen molar-refractivity contribution in [3.8, 4) is 11.4 Å². The van der Waals surface area contributed by atoms with Gasteiger partial charge in [-0.3, -0.25) is 4.79 Å². The average molecular weight is 362 g/mol. The smallest absolute Gasteiger partial charge is 0.282 e. The van der Waals surface area contributed by atoms with Gasteiger partial charge >= 0.3 is 0 Å². The van der Waals surface area contributed by atoms with Crippen LogP contribution in [0.15, 0.2) is 41.2 Å². The molecule has 25 heavy (non-hydrogen) atoms. The molecule has 0 bridgehead atoms. The fourth-order valence-corrected chi connectivity index (χ4v) is 2.55. The van der Waals surface area contributed by atoms with E-state index >= 15 is 0 Å². The van der Waals surface area contributed by atoms with E-state index in [4.69, 9.17) is 16.3 Å². The Balaban J connectivity index is 2.05. The van der Waals surface area contributed by atoms with E-state index in [1.54, 1.807) is 24.3 Å². The lowest BCUT2D eigenvalue weighted by Gasteiger charge is -2.12. The molecule has 0 unspecified atom stereocenters. The summed E-state index contributed by atoms with van der Waals surface area (Å²) in [5, 5.41) is 8.30. The van der Waals surface area contributed by atoms with Gasteiger partial charge in [0.15, 0.2) is 5.82 Å². The first-order valence-corrected chi connectivity index (χ1v) is 8.32. The third-order valence-electron chi connectivity index (χ3n) is 3.75. The van der Waals surface area contributed by atoms with Crippen LogP contribution >= 0.6 is 11.6 Å². The van der Waals surface area contributed by atoms with Gasteiger partial charge < -0.3 is 4.74 Å². The van der Waals surface area contributed by atoms with Crippen LogP contribution in [0.1, 0.15) is 20.3 Å². The zero-order valence-corrected chi connectivity index (χ0v) is 14.6. The van der Waals surface area contributed by atoms with Crippen LogP contribution < -0.4 is 10.3 Å². The minimum absolute atomic E-state index is 0.0489. The van der Waals surface area contributed by atoms with Crippen LogP contribution in [0.4, 0.5) is 4.39 Å². The molecule has 7 heteroatoms. The van der Waals surface area contributed by atoms with E-state index < -0.39 is 11.4 Å². The molecule has 0 N–H and O–H groups in total. The Labute approximate surface area is 149 Å². The second-order valence-electron chi connectivity index (χ2n) is 6.09. The highest BCUT2D eigenvalue weighted by Crippen LogP contribution is 2.29. The summed E-state index contributed by atoms with van der Waals surface area (Å²) < 4.78 is 20.9. The van der Waals surface area contributed by atoms with E-state index in [2.05, 4.69) is 24.2 Å². The second kappa shape index (κ2) is 7.19. The third-order valence-corrected chi connectivity index (χ3v) is 4.05. The molecule has 0 atom stereocenters. The number of hydrogen-bond acceptors (Lipinski definition) is 4. The minimum Gasteiger partial charge on any atom is -0.492 e. The van der Waals surface area contributed by atoms with Gasteiger partial charge in [-0.05, 0) is 30.5 Å². The van der Waals surface area contributed by atoms with Gasteiger partial charge in [-0.15, -0.1) is 5.10 Å². The Morgan fingerprint density at radius 2 is 2.04 bits per heavy atom. The van der Waals surface area contributed by atoms with Gasteiger partial charge in [0.05, 0.1) is 17.0 Å². The maximum atomic E-state index is 14.4. The largest absolute Gasteiger partial charge is 0.492 e. The molecule has 0 fully saturated rings. The molecular formula is C18H17ClFN3O2. The van der Waals surface area contributed by atoms with Crippen LogP contribution in [0.2, 0.25) is 5.02 Å². The first-order valence-electron chi connectivity index (χ1n) is 7.94. The summed E-state index contributed by atoms with van der Waals surface area (Å²) in [6.45, 7) is 4.59. The quantitative estimate of drug-likeness (QED) is 0.689. The van der Waals surface area contributed by atoms with Crippen LogP contribution in [0, 0.1) is 11.7 Å². The monoisotopic (exact) mass is 361 g/mol. The Morgan fingerprint density at radius 3 is 2.80 bits per heavy atom. The number of halogens is 2. The van der Waals surface area contributed by atoms with E-state index in [-0.39, 0.29) is 10.7 Å². The Bertz CT molecular complexity index is 972. The van der Waals surface area contributed by atoms with Gasteiger partial charge in [-0.1, -0.05) is 42.8 Å². The van der Waals surface area contributed by atoms with Crippen molar-refractivity contribution < 1.29 is 9.13 Å². The summed E-state index contributed by atoms with van der Waals surface area (Å²) in [5.41, 5.74) is -0.0568. The van der Waals surface area contributed by atoms with Gasteiger partial charge in [-0.25, -0.2) is 4.39 Å². The van der Waals surface area contributed by atoms with Crippen LogP contribution in [0.3, 0.4) is 0 Å². The normalized spacial score (nSPS) is 11.2. The van der Waals surface area contributed by atoms with Crippen LogP contribution in [-0.2, 0) is 0 Å². The van der Waals surface area contributed by atoms with Crippen molar-refractivity contribution in [3.63, 3.8) is 0 Å². The van der Waals surface area contributed by atoms with E-state index in [1.807, 2.05) is 0 Å². The number of hydrogen-bond donors (Lipinski definition) is 0. The zero-order chi connectivity index (χ0) is 18.0. The Kier molecular flexibility index (Phi) is 4.99. The Hall–Kier alpha value is -2.47. The van der Waals surface area contributed by atoms with E-state index in [1.165, 1.54) is 6.07 Å². The third kappa shape index (κ3) is 3.64. The maximum Gasteiger partial charge on any atom is 0.282 e. The summed E-state index contributed by atoms with van der Waals surface area (Å²) in [6.07, 6.45) is 0.832. The number of nitrogens with zero attached hydrogens (tertiary/aromatic N) is 3. The second-order valence-corrected chi connectivity index (χ2v) is 6.50. The van der Waals surface area contributed by atoms with Gasteiger partial charge in [0, 0.05) is 6.07 Å². The molecular weight excluding hydrogens is 345 g/mol.